The smallest absolute Gasteiger partial charge is 0.352 e. The number of carbonyl (C=O) groups is 1. The highest BCUT2D eigenvalue weighted by molar-refractivity contribution is 6.33. The second-order valence-electron chi connectivity index (χ2n) is 7.70. The number of hydrogen-bond donors (Lipinski definition) is 0. The average molecular weight is 498 g/mol. The third kappa shape index (κ3) is 4.94. The minimum atomic E-state index is -4.51. The van der Waals surface area contributed by atoms with Crippen molar-refractivity contribution in [3.63, 3.8) is 0 Å². The lowest BCUT2D eigenvalue weighted by Crippen LogP contribution is -2.49. The molecular formula is C22H20Cl2F3N5O. The van der Waals surface area contributed by atoms with E-state index in [0.717, 1.165) is 17.8 Å². The molecule has 0 N–H and O–H groups in total. The summed E-state index contributed by atoms with van der Waals surface area (Å²) in [4.78, 5) is 20.5. The van der Waals surface area contributed by atoms with Gasteiger partial charge in [-0.25, -0.2) is 9.67 Å². The molecule has 4 rings (SSSR count). The third-order valence-corrected chi connectivity index (χ3v) is 6.13. The van der Waals surface area contributed by atoms with Gasteiger partial charge < -0.3 is 9.80 Å². The van der Waals surface area contributed by atoms with Crippen molar-refractivity contribution in [1.29, 1.82) is 0 Å². The van der Waals surface area contributed by atoms with E-state index in [9.17, 15) is 18.0 Å². The average Bonchev–Trinajstić information content (AvgIpc) is 3.06. The number of hydrogen-bond acceptors (Lipinski definition) is 4. The van der Waals surface area contributed by atoms with Crippen LogP contribution in [0.25, 0.3) is 0 Å². The lowest BCUT2D eigenvalue weighted by molar-refractivity contribution is -0.137. The molecule has 2 aromatic heterocycles. The van der Waals surface area contributed by atoms with E-state index in [0.29, 0.717) is 44.0 Å². The second kappa shape index (κ2) is 9.23. The summed E-state index contributed by atoms with van der Waals surface area (Å²) in [6, 6.07) is 10.5. The molecule has 1 aliphatic heterocycles. The molecule has 0 bridgehead atoms. The van der Waals surface area contributed by atoms with Crippen LogP contribution in [0.2, 0.25) is 10.2 Å². The van der Waals surface area contributed by atoms with Gasteiger partial charge in [0.05, 0.1) is 28.4 Å². The van der Waals surface area contributed by atoms with Gasteiger partial charge >= 0.3 is 6.18 Å². The van der Waals surface area contributed by atoms with Crippen LogP contribution in [0.5, 0.6) is 0 Å². The van der Waals surface area contributed by atoms with Gasteiger partial charge in [0.2, 0.25) is 0 Å². The SMILES string of the molecule is Cc1nn(Cc2ccccc2)c(Cl)c1C(=O)N1CCN(c2ncc(C(F)(F)F)cc2Cl)CC1. The van der Waals surface area contributed by atoms with Crippen LogP contribution in [0.3, 0.4) is 0 Å². The van der Waals surface area contributed by atoms with Gasteiger partial charge in [0.25, 0.3) is 5.91 Å². The normalized spacial score (nSPS) is 14.6. The van der Waals surface area contributed by atoms with E-state index in [1.807, 2.05) is 30.3 Å². The molecule has 1 amide bonds. The molecule has 0 spiro atoms. The number of rotatable bonds is 4. The highest BCUT2D eigenvalue weighted by Crippen LogP contribution is 2.34. The maximum Gasteiger partial charge on any atom is 0.417 e. The lowest BCUT2D eigenvalue weighted by Gasteiger charge is -2.35. The largest absolute Gasteiger partial charge is 0.417 e. The number of piperazine rings is 1. The van der Waals surface area contributed by atoms with Gasteiger partial charge in [0.15, 0.2) is 0 Å². The molecule has 6 nitrogen and oxygen atoms in total. The van der Waals surface area contributed by atoms with Crippen LogP contribution in [-0.2, 0) is 12.7 Å². The first-order valence-electron chi connectivity index (χ1n) is 10.2. The fourth-order valence-corrected chi connectivity index (χ4v) is 4.36. The monoisotopic (exact) mass is 497 g/mol. The van der Waals surface area contributed by atoms with Crippen molar-refractivity contribution in [2.45, 2.75) is 19.6 Å². The van der Waals surface area contributed by atoms with Crippen LogP contribution >= 0.6 is 23.2 Å². The molecule has 3 aromatic rings. The Bertz CT molecular complexity index is 1160. The Morgan fingerprint density at radius 3 is 2.36 bits per heavy atom. The van der Waals surface area contributed by atoms with Crippen LogP contribution < -0.4 is 4.90 Å². The van der Waals surface area contributed by atoms with Crippen molar-refractivity contribution < 1.29 is 18.0 Å². The molecule has 1 aliphatic rings. The van der Waals surface area contributed by atoms with Crippen LogP contribution in [0, 0.1) is 6.92 Å². The maximum absolute atomic E-state index is 13.2. The quantitative estimate of drug-likeness (QED) is 0.513. The molecule has 0 aliphatic carbocycles. The summed E-state index contributed by atoms with van der Waals surface area (Å²) in [5.74, 6) is 0.0320. The molecule has 11 heteroatoms. The number of anilines is 1. The Labute approximate surface area is 198 Å². The third-order valence-electron chi connectivity index (χ3n) is 5.47. The highest BCUT2D eigenvalue weighted by atomic mass is 35.5. The molecular weight excluding hydrogens is 478 g/mol. The van der Waals surface area contributed by atoms with Crippen molar-refractivity contribution in [1.82, 2.24) is 19.7 Å². The Morgan fingerprint density at radius 1 is 1.09 bits per heavy atom. The van der Waals surface area contributed by atoms with Crippen molar-refractivity contribution in [3.05, 3.63) is 75.2 Å². The van der Waals surface area contributed by atoms with E-state index >= 15 is 0 Å². The van der Waals surface area contributed by atoms with E-state index in [2.05, 4.69) is 10.1 Å². The van der Waals surface area contributed by atoms with Crippen molar-refractivity contribution in [3.8, 4) is 0 Å². The molecule has 1 saturated heterocycles. The van der Waals surface area contributed by atoms with Crippen molar-refractivity contribution in [2.75, 3.05) is 31.1 Å². The van der Waals surface area contributed by atoms with Crippen LogP contribution in [-0.4, -0.2) is 51.8 Å². The zero-order valence-corrected chi connectivity index (χ0v) is 19.1. The minimum absolute atomic E-state index is 0.0781. The van der Waals surface area contributed by atoms with Crippen molar-refractivity contribution in [2.24, 2.45) is 0 Å². The van der Waals surface area contributed by atoms with Gasteiger partial charge in [-0.2, -0.15) is 18.3 Å². The van der Waals surface area contributed by atoms with E-state index in [1.165, 1.54) is 0 Å². The maximum atomic E-state index is 13.2. The molecule has 0 radical (unpaired) electrons. The van der Waals surface area contributed by atoms with Crippen LogP contribution in [0.4, 0.5) is 19.0 Å². The van der Waals surface area contributed by atoms with Gasteiger partial charge in [-0.3, -0.25) is 4.79 Å². The number of carbonyl (C=O) groups excluding carboxylic acids is 1. The molecule has 3 heterocycles. The summed E-state index contributed by atoms with van der Waals surface area (Å²) in [7, 11) is 0. The van der Waals surface area contributed by atoms with Gasteiger partial charge in [-0.15, -0.1) is 0 Å². The number of nitrogens with zero attached hydrogens (tertiary/aromatic N) is 5. The molecule has 174 valence electrons. The number of aromatic nitrogens is 3. The van der Waals surface area contributed by atoms with Gasteiger partial charge in [0, 0.05) is 32.4 Å². The minimum Gasteiger partial charge on any atom is -0.352 e. The molecule has 0 unspecified atom stereocenters. The van der Waals surface area contributed by atoms with E-state index < -0.39 is 11.7 Å². The predicted octanol–water partition coefficient (Wildman–Crippen LogP) is 4.92. The number of halogens is 5. The zero-order chi connectivity index (χ0) is 23.8. The molecule has 1 fully saturated rings. The first-order chi connectivity index (χ1) is 15.6. The van der Waals surface area contributed by atoms with E-state index in [1.54, 1.807) is 21.4 Å². The number of pyridine rings is 1. The first-order valence-corrected chi connectivity index (χ1v) is 10.9. The van der Waals surface area contributed by atoms with Gasteiger partial charge in [-0.1, -0.05) is 53.5 Å². The lowest BCUT2D eigenvalue weighted by atomic mass is 10.2. The Morgan fingerprint density at radius 2 is 1.76 bits per heavy atom. The molecule has 0 atom stereocenters. The van der Waals surface area contributed by atoms with Crippen LogP contribution in [0.15, 0.2) is 42.6 Å². The number of benzene rings is 1. The summed E-state index contributed by atoms with van der Waals surface area (Å²) < 4.78 is 40.2. The van der Waals surface area contributed by atoms with Crippen molar-refractivity contribution >= 4 is 34.9 Å². The number of alkyl halides is 3. The van der Waals surface area contributed by atoms with Crippen LogP contribution in [0.1, 0.15) is 27.2 Å². The topological polar surface area (TPSA) is 54.3 Å². The Balaban J connectivity index is 1.45. The van der Waals surface area contributed by atoms with E-state index in [-0.39, 0.29) is 21.9 Å². The summed E-state index contributed by atoms with van der Waals surface area (Å²) in [5, 5.41) is 4.63. The summed E-state index contributed by atoms with van der Waals surface area (Å²) in [5.41, 5.74) is 1.00. The standard InChI is InChI=1S/C22H20Cl2F3N5O/c1-14-18(19(24)32(29-14)13-15-5-3-2-4-6-15)21(33)31-9-7-30(8-10-31)20-17(23)11-16(12-28-20)22(25,26)27/h2-6,11-12H,7-10,13H2,1H3. The fourth-order valence-electron chi connectivity index (χ4n) is 3.76. The molecule has 0 saturated carbocycles. The van der Waals surface area contributed by atoms with E-state index in [4.69, 9.17) is 23.2 Å². The Hall–Kier alpha value is -2.78. The second-order valence-corrected chi connectivity index (χ2v) is 8.47. The number of amides is 1. The highest BCUT2D eigenvalue weighted by Gasteiger charge is 2.33. The summed E-state index contributed by atoms with van der Waals surface area (Å²) in [6.07, 6.45) is -3.74. The zero-order valence-electron chi connectivity index (χ0n) is 17.6. The number of aryl methyl sites for hydroxylation is 1. The Kier molecular flexibility index (Phi) is 6.54. The van der Waals surface area contributed by atoms with Gasteiger partial charge in [0.1, 0.15) is 11.0 Å². The van der Waals surface area contributed by atoms with Gasteiger partial charge in [-0.05, 0) is 18.6 Å². The molecule has 1 aromatic carbocycles. The molecule has 33 heavy (non-hydrogen) atoms. The first kappa shape index (κ1) is 23.4. The fraction of sp³-hybridized carbons (Fsp3) is 0.318. The summed E-state index contributed by atoms with van der Waals surface area (Å²) >= 11 is 12.6. The predicted molar refractivity (Wildman–Crippen MR) is 120 cm³/mol. The summed E-state index contributed by atoms with van der Waals surface area (Å²) in [6.45, 7) is 3.62.